The molecule has 1 heterocycles. The molecular formula is C68H71NO16. The Balaban J connectivity index is 1.09. The fourth-order valence-electron chi connectivity index (χ4n) is 9.20. The molecule has 7 unspecified atom stereocenters. The number of carbonyl (C=O) groups is 4. The van der Waals surface area contributed by atoms with E-state index in [1.165, 1.54) is 36.4 Å². The Labute approximate surface area is 494 Å². The van der Waals surface area contributed by atoms with E-state index < -0.39 is 72.7 Å². The van der Waals surface area contributed by atoms with Gasteiger partial charge in [-0.1, -0.05) is 176 Å². The van der Waals surface area contributed by atoms with Gasteiger partial charge in [0.15, 0.2) is 24.4 Å². The van der Waals surface area contributed by atoms with Crippen molar-refractivity contribution in [2.75, 3.05) is 32.9 Å². The molecule has 0 aromatic heterocycles. The van der Waals surface area contributed by atoms with E-state index >= 15 is 0 Å². The molecule has 1 saturated heterocycles. The molecule has 0 saturated carbocycles. The second-order valence-electron chi connectivity index (χ2n) is 20.0. The van der Waals surface area contributed by atoms with Crippen LogP contribution in [0, 0.1) is 0 Å². The number of hydrogen-bond donors (Lipinski definition) is 3. The van der Waals surface area contributed by atoms with Crippen molar-refractivity contribution in [1.29, 1.82) is 0 Å². The molecule has 0 radical (unpaired) electrons. The van der Waals surface area contributed by atoms with E-state index in [1.54, 1.807) is 78.9 Å². The molecule has 17 nitrogen and oxygen atoms in total. The van der Waals surface area contributed by atoms with E-state index in [4.69, 9.17) is 42.6 Å². The first-order chi connectivity index (χ1) is 41.6. The Hall–Kier alpha value is -8.20. The van der Waals surface area contributed by atoms with E-state index in [9.17, 15) is 34.5 Å². The zero-order valence-corrected chi connectivity index (χ0v) is 47.0. The maximum atomic E-state index is 14.4. The van der Waals surface area contributed by atoms with Gasteiger partial charge in [0, 0.05) is 25.1 Å². The molecule has 0 aliphatic carbocycles. The summed E-state index contributed by atoms with van der Waals surface area (Å²) in [5, 5.41) is 37.0. The quantitative estimate of drug-likeness (QED) is 0.0118. The number of carbonyl (C=O) groups excluding carboxylic acids is 4. The number of aliphatic hydroxyl groups is 3. The smallest absolute Gasteiger partial charge is 0.343 e. The van der Waals surface area contributed by atoms with Crippen LogP contribution in [0.15, 0.2) is 224 Å². The highest BCUT2D eigenvalue weighted by Gasteiger charge is 2.43. The average molecular weight is 1160 g/mol. The predicted molar refractivity (Wildman–Crippen MR) is 312 cm³/mol. The van der Waals surface area contributed by atoms with Gasteiger partial charge in [0.05, 0.1) is 49.2 Å². The first-order valence-electron chi connectivity index (χ1n) is 28.3. The first kappa shape index (κ1) is 62.8. The number of aliphatic hydroxyl groups excluding tert-OH is 3. The van der Waals surface area contributed by atoms with Gasteiger partial charge in [0.1, 0.15) is 18.8 Å². The highest BCUT2D eigenvalue weighted by atomic mass is 16.7. The number of unbranched alkanes of at least 4 members (excludes halogenated alkanes) is 2. The van der Waals surface area contributed by atoms with Crippen molar-refractivity contribution < 1.29 is 77.1 Å². The number of benzene rings is 7. The highest BCUT2D eigenvalue weighted by molar-refractivity contribution is 5.91. The van der Waals surface area contributed by atoms with Crippen molar-refractivity contribution in [1.82, 2.24) is 4.90 Å². The molecular weight excluding hydrogens is 1090 g/mol. The average Bonchev–Trinajstić information content (AvgIpc) is 3.71. The van der Waals surface area contributed by atoms with E-state index in [2.05, 4.69) is 0 Å². The molecule has 85 heavy (non-hydrogen) atoms. The molecule has 444 valence electrons. The lowest BCUT2D eigenvalue weighted by Gasteiger charge is -2.37. The molecule has 1 fully saturated rings. The Morgan fingerprint density at radius 1 is 0.553 bits per heavy atom. The van der Waals surface area contributed by atoms with Crippen LogP contribution in [0.25, 0.3) is 0 Å². The van der Waals surface area contributed by atoms with Crippen LogP contribution in [0.3, 0.4) is 0 Å². The second-order valence-corrected chi connectivity index (χ2v) is 20.0. The molecule has 0 amide bonds. The largest absolute Gasteiger partial charge is 0.460 e. The van der Waals surface area contributed by atoms with Crippen LogP contribution in [-0.2, 0) is 67.2 Å². The molecule has 8 rings (SSSR count). The second kappa shape index (κ2) is 33.9. The van der Waals surface area contributed by atoms with E-state index in [0.717, 1.165) is 16.7 Å². The van der Waals surface area contributed by atoms with Gasteiger partial charge in [-0.3, -0.25) is 9.69 Å². The molecule has 0 spiro atoms. The molecule has 7 aromatic rings. The monoisotopic (exact) mass is 1160 g/mol. The summed E-state index contributed by atoms with van der Waals surface area (Å²) in [6.07, 6.45) is -10.5. The Morgan fingerprint density at radius 3 is 1.64 bits per heavy atom. The van der Waals surface area contributed by atoms with Crippen LogP contribution in [0.5, 0.6) is 0 Å². The van der Waals surface area contributed by atoms with Gasteiger partial charge in [-0.05, 0) is 85.3 Å². The minimum Gasteiger partial charge on any atom is -0.460 e. The summed E-state index contributed by atoms with van der Waals surface area (Å²) in [4.78, 5) is 57.7. The first-order valence-corrected chi connectivity index (χ1v) is 28.3. The fourth-order valence-corrected chi connectivity index (χ4v) is 9.20. The van der Waals surface area contributed by atoms with Gasteiger partial charge >= 0.3 is 23.9 Å². The van der Waals surface area contributed by atoms with Gasteiger partial charge < -0.3 is 58.0 Å². The van der Waals surface area contributed by atoms with Crippen LogP contribution < -0.4 is 0 Å². The van der Waals surface area contributed by atoms with Crippen LogP contribution in [0.1, 0.15) is 91.7 Å². The third kappa shape index (κ3) is 20.2. The summed E-state index contributed by atoms with van der Waals surface area (Å²) >= 11 is 0. The summed E-state index contributed by atoms with van der Waals surface area (Å²) in [6.45, 7) is 1.15. The van der Waals surface area contributed by atoms with Crippen molar-refractivity contribution in [2.45, 2.75) is 95.1 Å². The predicted octanol–water partition coefficient (Wildman–Crippen LogP) is 10.1. The van der Waals surface area contributed by atoms with E-state index in [-0.39, 0.29) is 75.1 Å². The molecule has 1 aliphatic rings. The summed E-state index contributed by atoms with van der Waals surface area (Å²) in [7, 11) is 0. The van der Waals surface area contributed by atoms with Crippen molar-refractivity contribution in [3.8, 4) is 0 Å². The maximum Gasteiger partial charge on any atom is 0.343 e. The molecule has 0 bridgehead atoms. The van der Waals surface area contributed by atoms with Crippen LogP contribution >= 0.6 is 0 Å². The maximum absolute atomic E-state index is 14.4. The van der Waals surface area contributed by atoms with Gasteiger partial charge in [-0.15, -0.1) is 0 Å². The van der Waals surface area contributed by atoms with Gasteiger partial charge in [0.25, 0.3) is 0 Å². The standard InChI is InChI=1S/C68H71NO16/c70-58(80-48-51-29-13-3-14-30-51)46-69(45-49-25-9-1-10-26-49)41-23-8-24-42-78-66(75)62(85-65(74)54-35-19-6-20-36-54)60(83-63(72)52-31-15-4-16-32-52)57(39-43-77-47-50-27-11-2-12-28-50)81-67(76)61(84-64(73)53-33-17-5-18-34-53)59(71)56-40-44-79-68(82-56)55-37-21-7-22-38-55/h1-7,9-22,25-38,56-57,59,61,66-68,71,75-76H,8,23-24,39-48H2/b62-60+. The Kier molecular flexibility index (Phi) is 25.1. The Bertz CT molecular complexity index is 3120. The van der Waals surface area contributed by atoms with E-state index in [0.29, 0.717) is 37.9 Å². The highest BCUT2D eigenvalue weighted by Crippen LogP contribution is 2.32. The van der Waals surface area contributed by atoms with Crippen LogP contribution in [0.2, 0.25) is 0 Å². The lowest BCUT2D eigenvalue weighted by Crippen LogP contribution is -2.51. The summed E-state index contributed by atoms with van der Waals surface area (Å²) in [5.41, 5.74) is 3.54. The van der Waals surface area contributed by atoms with E-state index in [1.807, 2.05) is 102 Å². The number of esters is 4. The topological polar surface area (TPSA) is 215 Å². The summed E-state index contributed by atoms with van der Waals surface area (Å²) in [5.74, 6) is -4.59. The van der Waals surface area contributed by atoms with Crippen molar-refractivity contribution >= 4 is 23.9 Å². The van der Waals surface area contributed by atoms with Crippen molar-refractivity contribution in [2.24, 2.45) is 0 Å². The normalized spacial score (nSPS) is 16.2. The number of nitrogens with zero attached hydrogens (tertiary/aromatic N) is 1. The Morgan fingerprint density at radius 2 is 1.06 bits per heavy atom. The van der Waals surface area contributed by atoms with Crippen molar-refractivity contribution in [3.05, 3.63) is 263 Å². The zero-order valence-electron chi connectivity index (χ0n) is 47.0. The minimum atomic E-state index is -2.26. The minimum absolute atomic E-state index is 0.0456. The van der Waals surface area contributed by atoms with Crippen LogP contribution in [-0.4, -0.2) is 114 Å². The molecule has 7 aromatic carbocycles. The fraction of sp³-hybridized carbons (Fsp3) is 0.294. The molecule has 1 aliphatic heterocycles. The molecule has 7 atom stereocenters. The lowest BCUT2D eigenvalue weighted by atomic mass is 10.0. The van der Waals surface area contributed by atoms with Crippen molar-refractivity contribution in [3.63, 3.8) is 0 Å². The summed E-state index contributed by atoms with van der Waals surface area (Å²) in [6, 6.07) is 61.2. The SMILES string of the molecule is O=C(CN(CCCCCOC(O)/C(OC(=O)c1ccccc1)=C(\OC(=O)c1ccccc1)C(CCOCc1ccccc1)OC(O)C(OC(=O)c1ccccc1)C(O)C1CCOC(c2ccccc2)O1)Cc1ccccc1)OCc1ccccc1. The lowest BCUT2D eigenvalue weighted by molar-refractivity contribution is -0.269. The van der Waals surface area contributed by atoms with Crippen LogP contribution in [0.4, 0.5) is 0 Å². The number of hydrogen-bond acceptors (Lipinski definition) is 17. The molecule has 17 heteroatoms. The zero-order chi connectivity index (χ0) is 59.4. The van der Waals surface area contributed by atoms with Gasteiger partial charge in [0.2, 0.25) is 12.0 Å². The third-order valence-corrected chi connectivity index (χ3v) is 13.7. The number of rotatable bonds is 32. The molecule has 3 N–H and O–H groups in total. The third-order valence-electron chi connectivity index (χ3n) is 13.7. The number of ether oxygens (including phenoxy) is 9. The van der Waals surface area contributed by atoms with Gasteiger partial charge in [-0.2, -0.15) is 0 Å². The summed E-state index contributed by atoms with van der Waals surface area (Å²) < 4.78 is 54.6. The van der Waals surface area contributed by atoms with Gasteiger partial charge in [-0.25, -0.2) is 14.4 Å².